The molecular weight excluding hydrogens is 304 g/mol. The fourth-order valence-corrected chi connectivity index (χ4v) is 3.60. The minimum atomic E-state index is -0.847. The molecule has 0 unspecified atom stereocenters. The Morgan fingerprint density at radius 1 is 1.21 bits per heavy atom. The van der Waals surface area contributed by atoms with Crippen molar-refractivity contribution >= 4 is 6.03 Å². The zero-order chi connectivity index (χ0) is 16.8. The summed E-state index contributed by atoms with van der Waals surface area (Å²) in [6.07, 6.45) is 5.64. The van der Waals surface area contributed by atoms with Gasteiger partial charge in [0.15, 0.2) is 0 Å². The molecule has 0 atom stereocenters. The van der Waals surface area contributed by atoms with E-state index in [1.165, 1.54) is 12.8 Å². The van der Waals surface area contributed by atoms with Crippen molar-refractivity contribution in [2.45, 2.75) is 56.7 Å². The number of carbonyl (C=O) groups excluding carboxylic acids is 1. The molecule has 0 aromatic heterocycles. The highest BCUT2D eigenvalue weighted by atomic mass is 16.5. The lowest BCUT2D eigenvalue weighted by molar-refractivity contribution is -0.0754. The quantitative estimate of drug-likeness (QED) is 0.871. The number of aliphatic hydroxyl groups is 1. The SMILES string of the molecule is O=C(NC1CCCC1)N(Cc1ccccc1)CC1(O)CCOCC1. The standard InChI is InChI=1S/C19H28N2O3/c22-18(20-17-8-4-5-9-17)21(14-16-6-2-1-3-7-16)15-19(23)10-12-24-13-11-19/h1-3,6-7,17,23H,4-5,8-15H2,(H,20,22). The molecule has 1 aromatic rings. The van der Waals surface area contributed by atoms with Gasteiger partial charge in [0.05, 0.1) is 12.1 Å². The molecule has 5 heteroatoms. The van der Waals surface area contributed by atoms with Crippen LogP contribution in [0, 0.1) is 0 Å². The summed E-state index contributed by atoms with van der Waals surface area (Å²) in [6.45, 7) is 1.98. The van der Waals surface area contributed by atoms with Gasteiger partial charge >= 0.3 is 6.03 Å². The van der Waals surface area contributed by atoms with Crippen LogP contribution in [-0.4, -0.2) is 47.4 Å². The molecule has 5 nitrogen and oxygen atoms in total. The first kappa shape index (κ1) is 17.2. The third kappa shape index (κ3) is 4.71. The van der Waals surface area contributed by atoms with Crippen molar-refractivity contribution in [3.05, 3.63) is 35.9 Å². The fourth-order valence-electron chi connectivity index (χ4n) is 3.60. The second-order valence-electron chi connectivity index (χ2n) is 7.11. The molecule has 132 valence electrons. The number of carbonyl (C=O) groups is 1. The molecule has 1 aliphatic heterocycles. The number of nitrogens with zero attached hydrogens (tertiary/aromatic N) is 1. The van der Waals surface area contributed by atoms with E-state index in [2.05, 4.69) is 5.32 Å². The molecule has 1 heterocycles. The van der Waals surface area contributed by atoms with Gasteiger partial charge in [0.2, 0.25) is 0 Å². The van der Waals surface area contributed by atoms with Crippen LogP contribution in [0.2, 0.25) is 0 Å². The summed E-state index contributed by atoms with van der Waals surface area (Å²) in [6, 6.07) is 10.2. The van der Waals surface area contributed by atoms with Crippen molar-refractivity contribution in [3.8, 4) is 0 Å². The van der Waals surface area contributed by atoms with E-state index in [-0.39, 0.29) is 12.1 Å². The van der Waals surface area contributed by atoms with Crippen molar-refractivity contribution in [2.24, 2.45) is 0 Å². The lowest BCUT2D eigenvalue weighted by Gasteiger charge is -2.37. The fraction of sp³-hybridized carbons (Fsp3) is 0.632. The maximum absolute atomic E-state index is 12.8. The van der Waals surface area contributed by atoms with Gasteiger partial charge in [-0.15, -0.1) is 0 Å². The van der Waals surface area contributed by atoms with Crippen LogP contribution in [0.4, 0.5) is 4.79 Å². The number of ether oxygens (including phenoxy) is 1. The Balaban J connectivity index is 1.68. The van der Waals surface area contributed by atoms with Gasteiger partial charge in [-0.1, -0.05) is 43.2 Å². The van der Waals surface area contributed by atoms with Crippen molar-refractivity contribution < 1.29 is 14.6 Å². The maximum atomic E-state index is 12.8. The Kier molecular flexibility index (Phi) is 5.74. The summed E-state index contributed by atoms with van der Waals surface area (Å²) >= 11 is 0. The molecule has 1 saturated carbocycles. The smallest absolute Gasteiger partial charge is 0.318 e. The Morgan fingerprint density at radius 2 is 1.88 bits per heavy atom. The third-order valence-corrected chi connectivity index (χ3v) is 5.09. The van der Waals surface area contributed by atoms with Gasteiger partial charge in [-0.2, -0.15) is 0 Å². The molecule has 0 radical (unpaired) electrons. The van der Waals surface area contributed by atoms with Crippen molar-refractivity contribution in [2.75, 3.05) is 19.8 Å². The third-order valence-electron chi connectivity index (χ3n) is 5.09. The Labute approximate surface area is 144 Å². The highest BCUT2D eigenvalue weighted by Gasteiger charge is 2.34. The molecule has 1 aromatic carbocycles. The Hall–Kier alpha value is -1.59. The van der Waals surface area contributed by atoms with Gasteiger partial charge in [-0.25, -0.2) is 4.79 Å². The number of hydrogen-bond donors (Lipinski definition) is 2. The highest BCUT2D eigenvalue weighted by Crippen LogP contribution is 2.23. The molecule has 2 aliphatic rings. The van der Waals surface area contributed by atoms with Crippen LogP contribution in [0.5, 0.6) is 0 Å². The Morgan fingerprint density at radius 3 is 2.54 bits per heavy atom. The number of amides is 2. The summed E-state index contributed by atoms with van der Waals surface area (Å²) in [7, 11) is 0. The first-order chi connectivity index (χ1) is 11.6. The van der Waals surface area contributed by atoms with Crippen LogP contribution in [-0.2, 0) is 11.3 Å². The van der Waals surface area contributed by atoms with Crippen LogP contribution in [0.1, 0.15) is 44.1 Å². The molecule has 0 spiro atoms. The van der Waals surface area contributed by atoms with Gasteiger partial charge in [-0.05, 0) is 18.4 Å². The van der Waals surface area contributed by atoms with E-state index in [1.807, 2.05) is 30.3 Å². The molecule has 2 amide bonds. The second-order valence-corrected chi connectivity index (χ2v) is 7.11. The van der Waals surface area contributed by atoms with Crippen LogP contribution in [0.15, 0.2) is 30.3 Å². The molecule has 1 saturated heterocycles. The summed E-state index contributed by atoms with van der Waals surface area (Å²) < 4.78 is 5.35. The van der Waals surface area contributed by atoms with Gasteiger partial charge in [0.1, 0.15) is 0 Å². The molecular formula is C19H28N2O3. The minimum absolute atomic E-state index is 0.0642. The number of hydrogen-bond acceptors (Lipinski definition) is 3. The average Bonchev–Trinajstić information content (AvgIpc) is 3.08. The van der Waals surface area contributed by atoms with Crippen LogP contribution < -0.4 is 5.32 Å². The van der Waals surface area contributed by atoms with E-state index < -0.39 is 5.60 Å². The van der Waals surface area contributed by atoms with Gasteiger partial charge in [0, 0.05) is 38.6 Å². The topological polar surface area (TPSA) is 61.8 Å². The van der Waals surface area contributed by atoms with Gasteiger partial charge in [0.25, 0.3) is 0 Å². The van der Waals surface area contributed by atoms with Crippen molar-refractivity contribution in [1.29, 1.82) is 0 Å². The van der Waals surface area contributed by atoms with E-state index in [0.717, 1.165) is 18.4 Å². The molecule has 3 rings (SSSR count). The predicted molar refractivity (Wildman–Crippen MR) is 92.6 cm³/mol. The largest absolute Gasteiger partial charge is 0.388 e. The minimum Gasteiger partial charge on any atom is -0.388 e. The van der Waals surface area contributed by atoms with Gasteiger partial charge < -0.3 is 20.1 Å². The molecule has 2 fully saturated rings. The molecule has 0 bridgehead atoms. The lowest BCUT2D eigenvalue weighted by Crippen LogP contribution is -2.52. The van der Waals surface area contributed by atoms with Crippen molar-refractivity contribution in [1.82, 2.24) is 10.2 Å². The van der Waals surface area contributed by atoms with E-state index in [1.54, 1.807) is 4.90 Å². The predicted octanol–water partition coefficient (Wildman–Crippen LogP) is 2.68. The van der Waals surface area contributed by atoms with E-state index in [9.17, 15) is 9.90 Å². The van der Waals surface area contributed by atoms with E-state index >= 15 is 0 Å². The van der Waals surface area contributed by atoms with Crippen LogP contribution >= 0.6 is 0 Å². The number of rotatable bonds is 5. The van der Waals surface area contributed by atoms with E-state index in [4.69, 9.17) is 4.74 Å². The zero-order valence-electron chi connectivity index (χ0n) is 14.2. The molecule has 24 heavy (non-hydrogen) atoms. The van der Waals surface area contributed by atoms with E-state index in [0.29, 0.717) is 39.1 Å². The number of benzene rings is 1. The normalized spacial score (nSPS) is 20.7. The van der Waals surface area contributed by atoms with Crippen molar-refractivity contribution in [3.63, 3.8) is 0 Å². The summed E-state index contributed by atoms with van der Waals surface area (Å²) in [4.78, 5) is 14.6. The first-order valence-corrected chi connectivity index (χ1v) is 9.04. The average molecular weight is 332 g/mol. The summed E-state index contributed by atoms with van der Waals surface area (Å²) in [5, 5.41) is 14.0. The Bertz CT molecular complexity index is 523. The molecule has 1 aliphatic carbocycles. The van der Waals surface area contributed by atoms with Crippen LogP contribution in [0.25, 0.3) is 0 Å². The summed E-state index contributed by atoms with van der Waals surface area (Å²) in [5.41, 5.74) is 0.231. The van der Waals surface area contributed by atoms with Crippen LogP contribution in [0.3, 0.4) is 0 Å². The van der Waals surface area contributed by atoms with Gasteiger partial charge in [-0.3, -0.25) is 0 Å². The number of nitrogens with one attached hydrogen (secondary N) is 1. The lowest BCUT2D eigenvalue weighted by atomic mass is 9.93. The molecule has 2 N–H and O–H groups in total. The second kappa shape index (κ2) is 7.99. The number of urea groups is 1. The maximum Gasteiger partial charge on any atom is 0.318 e. The monoisotopic (exact) mass is 332 g/mol. The highest BCUT2D eigenvalue weighted by molar-refractivity contribution is 5.74. The zero-order valence-corrected chi connectivity index (χ0v) is 14.2. The first-order valence-electron chi connectivity index (χ1n) is 9.04. The summed E-state index contributed by atoms with van der Waals surface area (Å²) in [5.74, 6) is 0.